The lowest BCUT2D eigenvalue weighted by molar-refractivity contribution is -0.429. The van der Waals surface area contributed by atoms with Crippen LogP contribution in [0.25, 0.3) is 0 Å². The number of nitrogens with one attached hydrogen (secondary N) is 2. The van der Waals surface area contributed by atoms with Gasteiger partial charge in [0, 0.05) is 43.9 Å². The van der Waals surface area contributed by atoms with Gasteiger partial charge in [-0.1, -0.05) is 25.6 Å². The van der Waals surface area contributed by atoms with Gasteiger partial charge in [0.05, 0.1) is 26.2 Å². The topological polar surface area (TPSA) is 149 Å². The first-order chi connectivity index (χ1) is 15.4. The van der Waals surface area contributed by atoms with E-state index in [-0.39, 0.29) is 43.6 Å². The minimum Gasteiger partial charge on any atom is -0.466 e. The molecule has 3 N–H and O–H groups in total. The molecule has 0 saturated carbocycles. The Kier molecular flexibility index (Phi) is 12.0. The van der Waals surface area contributed by atoms with Crippen LogP contribution < -0.4 is 10.6 Å². The Labute approximate surface area is 197 Å². The molecule has 0 radical (unpaired) electrons. The first kappa shape index (κ1) is 29.0. The van der Waals surface area contributed by atoms with E-state index in [9.17, 15) is 24.3 Å². The molecule has 1 heterocycles. The molecular weight excluding hydrogens is 456 g/mol. The third-order valence-corrected chi connectivity index (χ3v) is 5.47. The Balaban J connectivity index is 2.40. The number of carbonyl (C=O) groups is 4. The molecule has 1 aliphatic rings. The fourth-order valence-corrected chi connectivity index (χ4v) is 3.46. The molecule has 12 heteroatoms. The van der Waals surface area contributed by atoms with E-state index in [4.69, 9.17) is 14.2 Å². The summed E-state index contributed by atoms with van der Waals surface area (Å²) in [7, 11) is 2.59. The predicted molar refractivity (Wildman–Crippen MR) is 120 cm³/mol. The Morgan fingerprint density at radius 1 is 1.18 bits per heavy atom. The average molecular weight is 491 g/mol. The minimum absolute atomic E-state index is 0.0325. The van der Waals surface area contributed by atoms with Crippen LogP contribution in [0.2, 0.25) is 0 Å². The number of esters is 1. The highest BCUT2D eigenvalue weighted by atomic mass is 32.2. The number of hydrogen-bond acceptors (Lipinski definition) is 10. The number of aliphatic hydroxyl groups is 1. The molecule has 0 aromatic heterocycles. The highest BCUT2D eigenvalue weighted by Gasteiger charge is 2.50. The molecule has 1 fully saturated rings. The van der Waals surface area contributed by atoms with E-state index in [1.807, 2.05) is 13.8 Å². The van der Waals surface area contributed by atoms with Gasteiger partial charge in [-0.15, -0.1) is 0 Å². The summed E-state index contributed by atoms with van der Waals surface area (Å²) in [6.07, 6.45) is 0.530. The molecule has 33 heavy (non-hydrogen) atoms. The van der Waals surface area contributed by atoms with Gasteiger partial charge in [-0.3, -0.25) is 14.4 Å². The SMILES string of the molecule is COC(=O)/C=C/C(=O)SCCNC(=O)CCNC(=O)[C@@H]1OC(CC(C)O)(OC)OCC1(C)C. The van der Waals surface area contributed by atoms with Gasteiger partial charge in [0.25, 0.3) is 5.97 Å². The van der Waals surface area contributed by atoms with Crippen molar-refractivity contribution in [1.29, 1.82) is 0 Å². The number of amides is 2. The molecule has 0 bridgehead atoms. The first-order valence-electron chi connectivity index (χ1n) is 10.5. The van der Waals surface area contributed by atoms with Crippen molar-refractivity contribution in [3.8, 4) is 0 Å². The maximum Gasteiger partial charge on any atom is 0.330 e. The van der Waals surface area contributed by atoms with Crippen molar-refractivity contribution in [1.82, 2.24) is 10.6 Å². The summed E-state index contributed by atoms with van der Waals surface area (Å²) in [6, 6.07) is 0. The van der Waals surface area contributed by atoms with E-state index >= 15 is 0 Å². The molecule has 1 saturated heterocycles. The smallest absolute Gasteiger partial charge is 0.330 e. The number of aliphatic hydroxyl groups excluding tert-OH is 1. The molecule has 0 aromatic rings. The number of hydrogen-bond donors (Lipinski definition) is 3. The summed E-state index contributed by atoms with van der Waals surface area (Å²) in [5.41, 5.74) is -0.654. The first-order valence-corrected chi connectivity index (χ1v) is 11.5. The molecule has 0 spiro atoms. The number of carbonyl (C=O) groups excluding carboxylic acids is 4. The van der Waals surface area contributed by atoms with E-state index in [2.05, 4.69) is 15.4 Å². The van der Waals surface area contributed by atoms with Gasteiger partial charge >= 0.3 is 5.97 Å². The second-order valence-electron chi connectivity index (χ2n) is 8.13. The molecule has 3 atom stereocenters. The molecule has 0 aliphatic carbocycles. The molecule has 11 nitrogen and oxygen atoms in total. The molecule has 188 valence electrons. The van der Waals surface area contributed by atoms with Gasteiger partial charge in [0.2, 0.25) is 16.9 Å². The van der Waals surface area contributed by atoms with E-state index in [1.54, 1.807) is 6.92 Å². The van der Waals surface area contributed by atoms with Gasteiger partial charge in [-0.25, -0.2) is 4.79 Å². The van der Waals surface area contributed by atoms with E-state index in [0.717, 1.165) is 23.9 Å². The van der Waals surface area contributed by atoms with Crippen molar-refractivity contribution < 1.29 is 43.2 Å². The normalized spacial score (nSPS) is 23.0. The highest BCUT2D eigenvalue weighted by molar-refractivity contribution is 8.14. The maximum atomic E-state index is 12.7. The standard InChI is InChI=1S/C21H34N2O9S/c1-14(24)12-21(30-5)31-13-20(2,3)18(32-21)19(28)23-9-8-15(25)22-10-11-33-17(27)7-6-16(26)29-4/h6-7,14,18,24H,8-13H2,1-5H3,(H,22,25)(H,23,28)/b7-6+/t14?,18-,21?/m0/s1. The van der Waals surface area contributed by atoms with Crippen LogP contribution >= 0.6 is 11.8 Å². The van der Waals surface area contributed by atoms with Crippen molar-refractivity contribution in [3.05, 3.63) is 12.2 Å². The number of methoxy groups -OCH3 is 2. The molecule has 1 rings (SSSR count). The summed E-state index contributed by atoms with van der Waals surface area (Å²) in [4.78, 5) is 47.2. The van der Waals surface area contributed by atoms with E-state index < -0.39 is 35.5 Å². The quantitative estimate of drug-likeness (QED) is 0.195. The highest BCUT2D eigenvalue weighted by Crippen LogP contribution is 2.38. The Hall–Kier alpha value is -1.99. The van der Waals surface area contributed by atoms with Crippen LogP contribution in [0.15, 0.2) is 12.2 Å². The van der Waals surface area contributed by atoms with Crippen molar-refractivity contribution >= 4 is 34.7 Å². The number of rotatable bonds is 12. The minimum atomic E-state index is -1.52. The summed E-state index contributed by atoms with van der Waals surface area (Å²) in [5, 5.41) is 14.7. The zero-order chi connectivity index (χ0) is 25.1. The van der Waals surface area contributed by atoms with Crippen LogP contribution in [0.5, 0.6) is 0 Å². The lowest BCUT2D eigenvalue weighted by Crippen LogP contribution is -2.59. The summed E-state index contributed by atoms with van der Waals surface area (Å²) >= 11 is 0.948. The average Bonchev–Trinajstić information content (AvgIpc) is 2.75. The monoisotopic (exact) mass is 490 g/mol. The fraction of sp³-hybridized carbons (Fsp3) is 0.714. The Morgan fingerprint density at radius 2 is 1.88 bits per heavy atom. The van der Waals surface area contributed by atoms with Gasteiger partial charge in [0.1, 0.15) is 6.10 Å². The van der Waals surface area contributed by atoms with Gasteiger partial charge in [-0.05, 0) is 13.0 Å². The van der Waals surface area contributed by atoms with Crippen LogP contribution in [-0.4, -0.2) is 85.9 Å². The molecule has 0 aromatic carbocycles. The maximum absolute atomic E-state index is 12.7. The second kappa shape index (κ2) is 13.7. The van der Waals surface area contributed by atoms with Crippen LogP contribution in [0.1, 0.15) is 33.6 Å². The zero-order valence-electron chi connectivity index (χ0n) is 19.7. The van der Waals surface area contributed by atoms with Crippen LogP contribution in [0.4, 0.5) is 0 Å². The van der Waals surface area contributed by atoms with Crippen LogP contribution in [-0.2, 0) is 38.1 Å². The van der Waals surface area contributed by atoms with Gasteiger partial charge in [0.15, 0.2) is 0 Å². The number of thioether (sulfide) groups is 1. The molecule has 2 unspecified atom stereocenters. The molecule has 2 amide bonds. The zero-order valence-corrected chi connectivity index (χ0v) is 20.5. The lowest BCUT2D eigenvalue weighted by atomic mass is 9.85. The fourth-order valence-electron chi connectivity index (χ4n) is 2.89. The third kappa shape index (κ3) is 10.2. The van der Waals surface area contributed by atoms with Gasteiger partial charge < -0.3 is 34.7 Å². The third-order valence-electron chi connectivity index (χ3n) is 4.64. The predicted octanol–water partition coefficient (Wildman–Crippen LogP) is 0.111. The lowest BCUT2D eigenvalue weighted by Gasteiger charge is -2.46. The van der Waals surface area contributed by atoms with Crippen LogP contribution in [0, 0.1) is 5.41 Å². The van der Waals surface area contributed by atoms with Crippen molar-refractivity contribution in [2.75, 3.05) is 39.7 Å². The summed E-state index contributed by atoms with van der Waals surface area (Å²) in [5.74, 6) is -2.52. The second-order valence-corrected chi connectivity index (χ2v) is 9.23. The van der Waals surface area contributed by atoms with Crippen molar-refractivity contribution in [2.45, 2.75) is 51.8 Å². The van der Waals surface area contributed by atoms with Crippen molar-refractivity contribution in [2.24, 2.45) is 5.41 Å². The van der Waals surface area contributed by atoms with E-state index in [0.29, 0.717) is 5.75 Å². The summed E-state index contributed by atoms with van der Waals surface area (Å²) in [6.45, 7) is 5.70. The van der Waals surface area contributed by atoms with Crippen molar-refractivity contribution in [3.63, 3.8) is 0 Å². The molecular formula is C21H34N2O9S. The largest absolute Gasteiger partial charge is 0.466 e. The number of ether oxygens (including phenoxy) is 4. The summed E-state index contributed by atoms with van der Waals surface area (Å²) < 4.78 is 21.2. The van der Waals surface area contributed by atoms with E-state index in [1.165, 1.54) is 14.2 Å². The Bertz CT molecular complexity index is 727. The van der Waals surface area contributed by atoms with Gasteiger partial charge in [-0.2, -0.15) is 0 Å². The Morgan fingerprint density at radius 3 is 2.48 bits per heavy atom. The van der Waals surface area contributed by atoms with Crippen LogP contribution in [0.3, 0.4) is 0 Å². The molecule has 1 aliphatic heterocycles.